The van der Waals surface area contributed by atoms with Crippen molar-refractivity contribution < 1.29 is 26.9 Å². The molecule has 198 valence electrons. The van der Waals surface area contributed by atoms with Gasteiger partial charge >= 0.3 is 0 Å². The first kappa shape index (κ1) is 31.9. The molecule has 0 amide bonds. The van der Waals surface area contributed by atoms with Crippen LogP contribution >= 0.6 is 0 Å². The molecule has 1 aliphatic carbocycles. The van der Waals surface area contributed by atoms with E-state index in [4.69, 9.17) is 26.9 Å². The van der Waals surface area contributed by atoms with Crippen molar-refractivity contribution in [3.63, 3.8) is 0 Å². The largest absolute Gasteiger partial charge is 0.409 e. The molecular weight excluding hydrogens is 501 g/mol. The van der Waals surface area contributed by atoms with Crippen LogP contribution in [-0.2, 0) is 26.9 Å². The van der Waals surface area contributed by atoms with E-state index in [1.54, 1.807) is 7.11 Å². The van der Waals surface area contributed by atoms with E-state index < -0.39 is 41.6 Å². The van der Waals surface area contributed by atoms with Gasteiger partial charge in [-0.05, 0) is 98.2 Å². The Hall–Kier alpha value is 0.844. The molecule has 0 aromatic carbocycles. The topological polar surface area (TPSA) is 55.4 Å². The van der Waals surface area contributed by atoms with Crippen molar-refractivity contribution in [3.8, 4) is 0 Å². The van der Waals surface area contributed by atoms with Gasteiger partial charge in [-0.15, -0.1) is 0 Å². The lowest BCUT2D eigenvalue weighted by Crippen LogP contribution is -2.72. The Balaban J connectivity index is 3.77. The maximum atomic E-state index is 6.93. The second-order valence-corrected chi connectivity index (χ2v) is 36.5. The van der Waals surface area contributed by atoms with E-state index in [0.29, 0.717) is 0 Å². The molecule has 1 rings (SSSR count). The molecule has 1 saturated carbocycles. The van der Waals surface area contributed by atoms with Gasteiger partial charge in [0.25, 0.3) is 0 Å². The van der Waals surface area contributed by atoms with Crippen LogP contribution in [0.25, 0.3) is 0 Å². The molecule has 0 saturated heterocycles. The molecule has 1 aliphatic rings. The summed E-state index contributed by atoms with van der Waals surface area (Å²) in [7, 11) is -7.92. The highest BCUT2D eigenvalue weighted by molar-refractivity contribution is 6.71. The maximum absolute atomic E-state index is 6.93. The fourth-order valence-corrected chi connectivity index (χ4v) is 9.53. The van der Waals surface area contributed by atoms with Crippen molar-refractivity contribution in [2.45, 2.75) is 135 Å². The lowest BCUT2D eigenvalue weighted by atomic mass is 9.85. The van der Waals surface area contributed by atoms with Gasteiger partial charge in [-0.3, -0.25) is 0 Å². The van der Waals surface area contributed by atoms with Gasteiger partial charge in [-0.1, -0.05) is 0 Å². The fourth-order valence-electron chi connectivity index (χ4n) is 4.10. The first-order valence-corrected chi connectivity index (χ1v) is 29.4. The van der Waals surface area contributed by atoms with Crippen LogP contribution in [0.1, 0.15) is 0 Å². The van der Waals surface area contributed by atoms with Crippen LogP contribution in [0.2, 0.25) is 98.2 Å². The highest BCUT2D eigenvalue weighted by Gasteiger charge is 2.57. The summed E-state index contributed by atoms with van der Waals surface area (Å²) in [6.45, 7) is 33.4. The van der Waals surface area contributed by atoms with E-state index in [2.05, 4.69) is 98.2 Å². The van der Waals surface area contributed by atoms with Crippen LogP contribution in [0, 0.1) is 0 Å². The summed E-state index contributed by atoms with van der Waals surface area (Å²) in [4.78, 5) is 0. The normalized spacial score (nSPS) is 30.5. The Morgan fingerprint density at radius 2 is 0.455 bits per heavy atom. The zero-order valence-electron chi connectivity index (χ0n) is 24.4. The molecule has 0 N–H and O–H groups in total. The number of rotatable bonds is 11. The van der Waals surface area contributed by atoms with Crippen LogP contribution in [0.4, 0.5) is 0 Å². The second-order valence-electron chi connectivity index (χ2n) is 14.2. The first-order chi connectivity index (χ1) is 14.4. The highest BCUT2D eigenvalue weighted by atomic mass is 28.4. The van der Waals surface area contributed by atoms with Crippen LogP contribution in [-0.4, -0.2) is 85.3 Å². The predicted molar refractivity (Wildman–Crippen MR) is 152 cm³/mol. The molecule has 4 atom stereocenters. The molecule has 0 spiro atoms. The molecule has 0 unspecified atom stereocenters. The SMILES string of the molecule is COC1[C@@H](O[Si](C)(C)C)[C@H](O[Si](C)(C)C)C(O[Si](C)(C)C)[C@@H](O[Si](C)(C)C)[C@@H]1O[Si](C)(C)C. The zero-order valence-corrected chi connectivity index (χ0v) is 29.4. The standard InChI is InChI=1S/C22H54O6Si5/c1-23-17-18(24-29(2,3)4)20(26-31(8,9)10)22(28-33(14,15)16)21(27-32(11,12)13)19(17)25-30(5,6)7/h17-22H,1-16H3/t17?,18-,19-,20+,21+,22?/m1/s1. The summed E-state index contributed by atoms with van der Waals surface area (Å²) in [5.74, 6) is 0. The summed E-state index contributed by atoms with van der Waals surface area (Å²) in [6, 6.07) is 0. The average Bonchev–Trinajstić information content (AvgIpc) is 2.48. The van der Waals surface area contributed by atoms with Crippen LogP contribution < -0.4 is 0 Å². The van der Waals surface area contributed by atoms with Gasteiger partial charge in [-0.25, -0.2) is 0 Å². The van der Waals surface area contributed by atoms with Gasteiger partial charge in [-0.2, -0.15) is 0 Å². The Morgan fingerprint density at radius 1 is 0.303 bits per heavy atom. The van der Waals surface area contributed by atoms with Gasteiger partial charge in [0.05, 0.1) is 0 Å². The number of ether oxygens (including phenoxy) is 1. The fraction of sp³-hybridized carbons (Fsp3) is 1.00. The first-order valence-electron chi connectivity index (χ1n) is 12.3. The minimum Gasteiger partial charge on any atom is -0.409 e. The molecular formula is C22H54O6Si5. The molecule has 0 bridgehead atoms. The second kappa shape index (κ2) is 11.1. The van der Waals surface area contributed by atoms with E-state index in [0.717, 1.165) is 0 Å². The van der Waals surface area contributed by atoms with Gasteiger partial charge in [0.1, 0.15) is 36.6 Å². The zero-order chi connectivity index (χ0) is 26.2. The summed E-state index contributed by atoms with van der Waals surface area (Å²) in [6.07, 6.45) is -1.60. The predicted octanol–water partition coefficient (Wildman–Crippen LogP) is 6.12. The van der Waals surface area contributed by atoms with E-state index in [-0.39, 0.29) is 36.6 Å². The Bertz CT molecular complexity index is 571. The van der Waals surface area contributed by atoms with Crippen LogP contribution in [0.3, 0.4) is 0 Å². The highest BCUT2D eigenvalue weighted by Crippen LogP contribution is 2.39. The minimum atomic E-state index is -1.95. The van der Waals surface area contributed by atoms with Crippen LogP contribution in [0.5, 0.6) is 0 Å². The molecule has 33 heavy (non-hydrogen) atoms. The molecule has 1 fully saturated rings. The lowest BCUT2D eigenvalue weighted by Gasteiger charge is -2.55. The van der Waals surface area contributed by atoms with Crippen molar-refractivity contribution in [3.05, 3.63) is 0 Å². The van der Waals surface area contributed by atoms with Crippen molar-refractivity contribution in [1.82, 2.24) is 0 Å². The molecule has 6 nitrogen and oxygen atoms in total. The maximum Gasteiger partial charge on any atom is 0.184 e. The lowest BCUT2D eigenvalue weighted by molar-refractivity contribution is -0.207. The third kappa shape index (κ3) is 11.6. The minimum absolute atomic E-state index is 0.260. The van der Waals surface area contributed by atoms with Gasteiger partial charge < -0.3 is 26.9 Å². The number of hydrogen-bond donors (Lipinski definition) is 0. The van der Waals surface area contributed by atoms with E-state index in [1.807, 2.05) is 0 Å². The quantitative estimate of drug-likeness (QED) is 0.287. The average molecular weight is 555 g/mol. The molecule has 0 aromatic rings. The molecule has 0 heterocycles. The van der Waals surface area contributed by atoms with Gasteiger partial charge in [0, 0.05) is 7.11 Å². The molecule has 0 aromatic heterocycles. The summed E-state index contributed by atoms with van der Waals surface area (Å²) < 4.78 is 40.6. The number of hydrogen-bond acceptors (Lipinski definition) is 6. The van der Waals surface area contributed by atoms with E-state index in [1.165, 1.54) is 0 Å². The van der Waals surface area contributed by atoms with Crippen molar-refractivity contribution >= 4 is 41.6 Å². The third-order valence-corrected chi connectivity index (χ3v) is 9.56. The van der Waals surface area contributed by atoms with Crippen molar-refractivity contribution in [2.24, 2.45) is 0 Å². The summed E-state index contributed by atoms with van der Waals surface area (Å²) in [5.41, 5.74) is 0. The van der Waals surface area contributed by atoms with E-state index >= 15 is 0 Å². The summed E-state index contributed by atoms with van der Waals surface area (Å²) >= 11 is 0. The molecule has 0 aliphatic heterocycles. The van der Waals surface area contributed by atoms with Crippen molar-refractivity contribution in [1.29, 1.82) is 0 Å². The Kier molecular flexibility index (Phi) is 10.7. The smallest absolute Gasteiger partial charge is 0.184 e. The van der Waals surface area contributed by atoms with Crippen molar-refractivity contribution in [2.75, 3.05) is 7.11 Å². The third-order valence-electron chi connectivity index (χ3n) is 4.66. The van der Waals surface area contributed by atoms with E-state index in [9.17, 15) is 0 Å². The Labute approximate surface area is 210 Å². The summed E-state index contributed by atoms with van der Waals surface area (Å²) in [5, 5.41) is 0. The van der Waals surface area contributed by atoms with Gasteiger partial charge in [0.15, 0.2) is 41.6 Å². The Morgan fingerprint density at radius 3 is 0.576 bits per heavy atom. The number of methoxy groups -OCH3 is 1. The molecule has 11 heteroatoms. The van der Waals surface area contributed by atoms with Gasteiger partial charge in [0.2, 0.25) is 0 Å². The monoisotopic (exact) mass is 554 g/mol. The van der Waals surface area contributed by atoms with Crippen LogP contribution in [0.15, 0.2) is 0 Å². The molecule has 0 radical (unpaired) electrons.